The summed E-state index contributed by atoms with van der Waals surface area (Å²) in [5.41, 5.74) is 0.808. The van der Waals surface area contributed by atoms with Gasteiger partial charge in [-0.05, 0) is 63.5 Å². The second-order valence-corrected chi connectivity index (χ2v) is 9.79. The summed E-state index contributed by atoms with van der Waals surface area (Å²) < 4.78 is 6.57. The Morgan fingerprint density at radius 2 is 1.86 bits per heavy atom. The molecule has 0 bridgehead atoms. The molecule has 188 valence electrons. The lowest BCUT2D eigenvalue weighted by Gasteiger charge is -2.44. The standard InChI is InChI=1S/C27H36N4O4/c1-5-18-12-14-20(15-13-18)28-26(34)27(4)17-30-23(16-21(29-30)25(33)35-7-3)24(32)31(27)22-11-9-8-10-19(22)6-2/h8-11,16,18,20H,5-7,12-15,17H2,1-4H3,(H,28,34). The third kappa shape index (κ3) is 4.70. The molecule has 1 aliphatic carbocycles. The molecule has 2 heterocycles. The lowest BCUT2D eigenvalue weighted by Crippen LogP contribution is -2.65. The minimum atomic E-state index is -1.21. The number of carbonyl (C=O) groups is 3. The molecule has 1 aliphatic heterocycles. The number of hydrogen-bond donors (Lipinski definition) is 1. The van der Waals surface area contributed by atoms with E-state index in [4.69, 9.17) is 4.74 Å². The van der Waals surface area contributed by atoms with Gasteiger partial charge in [0.15, 0.2) is 5.69 Å². The fourth-order valence-corrected chi connectivity index (χ4v) is 5.35. The molecule has 2 aliphatic rings. The summed E-state index contributed by atoms with van der Waals surface area (Å²) in [4.78, 5) is 41.7. The predicted molar refractivity (Wildman–Crippen MR) is 133 cm³/mol. The maximum Gasteiger partial charge on any atom is 0.358 e. The van der Waals surface area contributed by atoms with Crippen LogP contribution in [0.4, 0.5) is 5.69 Å². The molecule has 2 amide bonds. The first kappa shape index (κ1) is 24.9. The van der Waals surface area contributed by atoms with E-state index in [9.17, 15) is 14.4 Å². The summed E-state index contributed by atoms with van der Waals surface area (Å²) >= 11 is 0. The number of aromatic nitrogens is 2. The van der Waals surface area contributed by atoms with Gasteiger partial charge in [0.1, 0.15) is 11.2 Å². The van der Waals surface area contributed by atoms with Crippen molar-refractivity contribution in [1.82, 2.24) is 15.1 Å². The minimum Gasteiger partial charge on any atom is -0.461 e. The van der Waals surface area contributed by atoms with Crippen LogP contribution < -0.4 is 10.2 Å². The van der Waals surface area contributed by atoms with Gasteiger partial charge < -0.3 is 10.1 Å². The van der Waals surface area contributed by atoms with Crippen LogP contribution in [0, 0.1) is 5.92 Å². The van der Waals surface area contributed by atoms with Gasteiger partial charge in [-0.15, -0.1) is 0 Å². The number of ether oxygens (including phenoxy) is 1. The average molecular weight is 481 g/mol. The van der Waals surface area contributed by atoms with Crippen LogP contribution in [0.3, 0.4) is 0 Å². The molecule has 8 nitrogen and oxygen atoms in total. The smallest absolute Gasteiger partial charge is 0.358 e. The number of carbonyl (C=O) groups excluding carboxylic acids is 3. The Labute approximate surface area is 207 Å². The van der Waals surface area contributed by atoms with Gasteiger partial charge in [0.25, 0.3) is 5.91 Å². The SMILES string of the molecule is CCOC(=O)c1cc2n(n1)CC(C)(C(=O)NC1CCC(CC)CC1)N(c1ccccc1CC)C2=O. The molecule has 1 N–H and O–H groups in total. The number of fused-ring (bicyclic) bond motifs is 1. The monoisotopic (exact) mass is 480 g/mol. The summed E-state index contributed by atoms with van der Waals surface area (Å²) in [6, 6.07) is 9.22. The van der Waals surface area contributed by atoms with Crippen LogP contribution in [-0.4, -0.2) is 45.8 Å². The first-order chi connectivity index (χ1) is 16.8. The van der Waals surface area contributed by atoms with E-state index in [0.29, 0.717) is 12.1 Å². The molecule has 1 aromatic heterocycles. The van der Waals surface area contributed by atoms with Crippen LogP contribution in [0.15, 0.2) is 30.3 Å². The highest BCUT2D eigenvalue weighted by molar-refractivity contribution is 6.12. The van der Waals surface area contributed by atoms with Crippen molar-refractivity contribution in [1.29, 1.82) is 0 Å². The lowest BCUT2D eigenvalue weighted by atomic mass is 9.84. The van der Waals surface area contributed by atoms with E-state index in [1.54, 1.807) is 18.7 Å². The molecule has 0 saturated heterocycles. The van der Waals surface area contributed by atoms with Crippen LogP contribution in [-0.2, 0) is 22.5 Å². The normalized spacial score (nSPS) is 24.1. The number of hydrogen-bond acceptors (Lipinski definition) is 5. The van der Waals surface area contributed by atoms with Crippen molar-refractivity contribution < 1.29 is 19.1 Å². The fourth-order valence-electron chi connectivity index (χ4n) is 5.35. The van der Waals surface area contributed by atoms with Crippen LogP contribution in [0.2, 0.25) is 0 Å². The maximum absolute atomic E-state index is 13.9. The minimum absolute atomic E-state index is 0.0708. The van der Waals surface area contributed by atoms with Crippen LogP contribution in [0.5, 0.6) is 0 Å². The van der Waals surface area contributed by atoms with Crippen molar-refractivity contribution in [2.75, 3.05) is 11.5 Å². The molecule has 1 aromatic carbocycles. The number of nitrogens with zero attached hydrogens (tertiary/aromatic N) is 3. The fraction of sp³-hybridized carbons (Fsp3) is 0.556. The molecule has 2 aromatic rings. The third-order valence-electron chi connectivity index (χ3n) is 7.50. The molecule has 0 spiro atoms. The van der Waals surface area contributed by atoms with Crippen molar-refractivity contribution in [2.24, 2.45) is 5.92 Å². The highest BCUT2D eigenvalue weighted by atomic mass is 16.5. The van der Waals surface area contributed by atoms with Gasteiger partial charge in [-0.1, -0.05) is 38.5 Å². The molecule has 8 heteroatoms. The highest BCUT2D eigenvalue weighted by Crippen LogP contribution is 2.36. The zero-order valence-electron chi connectivity index (χ0n) is 21.2. The van der Waals surface area contributed by atoms with E-state index in [-0.39, 0.29) is 42.4 Å². The van der Waals surface area contributed by atoms with E-state index >= 15 is 0 Å². The van der Waals surface area contributed by atoms with Gasteiger partial charge in [-0.2, -0.15) is 5.10 Å². The molecule has 4 rings (SSSR count). The Bertz CT molecular complexity index is 1100. The number of nitrogens with one attached hydrogen (secondary N) is 1. The topological polar surface area (TPSA) is 93.5 Å². The number of aryl methyl sites for hydroxylation is 1. The number of benzene rings is 1. The molecule has 1 unspecified atom stereocenters. The summed E-state index contributed by atoms with van der Waals surface area (Å²) in [6.07, 6.45) is 5.97. The van der Waals surface area contributed by atoms with Gasteiger partial charge >= 0.3 is 5.97 Å². The molecule has 1 fully saturated rings. The summed E-state index contributed by atoms with van der Waals surface area (Å²) in [5, 5.41) is 7.60. The van der Waals surface area contributed by atoms with E-state index in [2.05, 4.69) is 17.3 Å². The molecular formula is C27H36N4O4. The van der Waals surface area contributed by atoms with Crippen LogP contribution in [0.1, 0.15) is 86.3 Å². The zero-order valence-corrected chi connectivity index (χ0v) is 21.2. The molecule has 0 radical (unpaired) electrons. The maximum atomic E-state index is 13.9. The Morgan fingerprint density at radius 1 is 1.14 bits per heavy atom. The summed E-state index contributed by atoms with van der Waals surface area (Å²) in [5.74, 6) is -0.416. The van der Waals surface area contributed by atoms with E-state index in [0.717, 1.165) is 37.2 Å². The molecular weight excluding hydrogens is 444 g/mol. The zero-order chi connectivity index (χ0) is 25.2. The number of para-hydroxylation sites is 1. The number of amides is 2. The molecule has 1 atom stereocenters. The summed E-state index contributed by atoms with van der Waals surface area (Å²) in [6.45, 7) is 8.11. The Morgan fingerprint density at radius 3 is 2.51 bits per heavy atom. The van der Waals surface area contributed by atoms with E-state index < -0.39 is 11.5 Å². The van der Waals surface area contributed by atoms with Crippen LogP contribution >= 0.6 is 0 Å². The van der Waals surface area contributed by atoms with Crippen molar-refractivity contribution >= 4 is 23.5 Å². The Hall–Kier alpha value is -3.16. The second-order valence-electron chi connectivity index (χ2n) is 9.79. The lowest BCUT2D eigenvalue weighted by molar-refractivity contribution is -0.127. The molecule has 1 saturated carbocycles. The Balaban J connectivity index is 1.72. The van der Waals surface area contributed by atoms with Crippen molar-refractivity contribution in [3.05, 3.63) is 47.3 Å². The van der Waals surface area contributed by atoms with Gasteiger partial charge in [-0.25, -0.2) is 4.79 Å². The summed E-state index contributed by atoms with van der Waals surface area (Å²) in [7, 11) is 0. The third-order valence-corrected chi connectivity index (χ3v) is 7.50. The second kappa shape index (κ2) is 10.2. The van der Waals surface area contributed by atoms with Gasteiger partial charge in [0.2, 0.25) is 5.91 Å². The molecule has 35 heavy (non-hydrogen) atoms. The quantitative estimate of drug-likeness (QED) is 0.602. The first-order valence-corrected chi connectivity index (χ1v) is 12.8. The van der Waals surface area contributed by atoms with Crippen molar-refractivity contribution in [3.63, 3.8) is 0 Å². The predicted octanol–water partition coefficient (Wildman–Crippen LogP) is 4.13. The largest absolute Gasteiger partial charge is 0.461 e. The van der Waals surface area contributed by atoms with E-state index in [1.165, 1.54) is 17.2 Å². The van der Waals surface area contributed by atoms with Crippen LogP contribution in [0.25, 0.3) is 0 Å². The Kier molecular flexibility index (Phi) is 7.28. The average Bonchev–Trinajstić information content (AvgIpc) is 3.29. The highest BCUT2D eigenvalue weighted by Gasteiger charge is 2.50. The number of esters is 1. The number of rotatable bonds is 7. The van der Waals surface area contributed by atoms with Gasteiger partial charge in [0, 0.05) is 17.8 Å². The van der Waals surface area contributed by atoms with E-state index in [1.807, 2.05) is 31.2 Å². The van der Waals surface area contributed by atoms with Crippen molar-refractivity contribution in [3.8, 4) is 0 Å². The van der Waals surface area contributed by atoms with Crippen molar-refractivity contribution in [2.45, 2.75) is 84.3 Å². The van der Waals surface area contributed by atoms with Gasteiger partial charge in [-0.3, -0.25) is 19.2 Å². The first-order valence-electron chi connectivity index (χ1n) is 12.8. The number of anilines is 1. The van der Waals surface area contributed by atoms with Gasteiger partial charge in [0.05, 0.1) is 13.2 Å².